The van der Waals surface area contributed by atoms with Gasteiger partial charge in [-0.25, -0.2) is 4.79 Å². The van der Waals surface area contributed by atoms with Crippen molar-refractivity contribution in [1.82, 2.24) is 0 Å². The van der Waals surface area contributed by atoms with Crippen LogP contribution in [0.25, 0.3) is 0 Å². The highest BCUT2D eigenvalue weighted by Gasteiger charge is 2.22. The molecule has 3 N–H and O–H groups in total. The van der Waals surface area contributed by atoms with Crippen molar-refractivity contribution in [2.45, 2.75) is 147 Å². The van der Waals surface area contributed by atoms with Gasteiger partial charge in [-0.1, -0.05) is 96.5 Å². The number of hydrogen-bond acceptors (Lipinski definition) is 5. The van der Waals surface area contributed by atoms with Crippen LogP contribution in [0.1, 0.15) is 122 Å². The van der Waals surface area contributed by atoms with Gasteiger partial charge in [-0.05, 0) is 19.3 Å². The molecule has 5 nitrogen and oxygen atoms in total. The fourth-order valence-electron chi connectivity index (χ4n) is 4.35. The number of esters is 1. The zero-order valence-corrected chi connectivity index (χ0v) is 19.9. The van der Waals surface area contributed by atoms with Crippen LogP contribution in [0.2, 0.25) is 0 Å². The molecule has 0 saturated heterocycles. The lowest BCUT2D eigenvalue weighted by molar-refractivity contribution is -0.145. The normalized spacial score (nSPS) is 19.2. The Balaban J connectivity index is 1.91. The molecule has 5 heteroatoms. The van der Waals surface area contributed by atoms with Crippen LogP contribution in [0, 0.1) is 0 Å². The molecule has 0 bridgehead atoms. The van der Waals surface area contributed by atoms with Gasteiger partial charge >= 0.3 is 5.97 Å². The van der Waals surface area contributed by atoms with E-state index in [-0.39, 0.29) is 18.5 Å². The standard InChI is InChI=1S/C26H48O5/c1-2-3-4-5-6-7-8-9-10-11-12-13-14-16-22(27)19-23(28)20-24(29)21-25-17-15-18-26(30)31-25/h15,18,22-25,27-29H,2-14,16-17,19-21H2,1H3/t22-,23-,24-,25-/m0/s1. The maximum Gasteiger partial charge on any atom is 0.330 e. The number of carbonyl (C=O) groups is 1. The third-order valence-electron chi connectivity index (χ3n) is 6.20. The van der Waals surface area contributed by atoms with Gasteiger partial charge in [0.1, 0.15) is 6.10 Å². The van der Waals surface area contributed by atoms with Crippen molar-refractivity contribution in [1.29, 1.82) is 0 Å². The molecule has 0 saturated carbocycles. The van der Waals surface area contributed by atoms with E-state index in [0.717, 1.165) is 12.8 Å². The van der Waals surface area contributed by atoms with E-state index in [0.29, 0.717) is 25.7 Å². The first kappa shape index (κ1) is 28.1. The maximum absolute atomic E-state index is 11.2. The van der Waals surface area contributed by atoms with E-state index in [1.807, 2.05) is 0 Å². The molecule has 0 aliphatic carbocycles. The van der Waals surface area contributed by atoms with E-state index < -0.39 is 18.3 Å². The van der Waals surface area contributed by atoms with Crippen LogP contribution in [-0.2, 0) is 9.53 Å². The molecule has 1 aliphatic rings. The van der Waals surface area contributed by atoms with Crippen molar-refractivity contribution >= 4 is 5.97 Å². The Morgan fingerprint density at radius 2 is 1.32 bits per heavy atom. The van der Waals surface area contributed by atoms with Gasteiger partial charge in [0.05, 0.1) is 18.3 Å². The Morgan fingerprint density at radius 3 is 1.87 bits per heavy atom. The van der Waals surface area contributed by atoms with Gasteiger partial charge in [0.25, 0.3) is 0 Å². The minimum Gasteiger partial charge on any atom is -0.459 e. The number of cyclic esters (lactones) is 1. The molecule has 31 heavy (non-hydrogen) atoms. The summed E-state index contributed by atoms with van der Waals surface area (Å²) in [5.74, 6) is -0.378. The lowest BCUT2D eigenvalue weighted by Crippen LogP contribution is -2.28. The van der Waals surface area contributed by atoms with E-state index in [4.69, 9.17) is 4.74 Å². The summed E-state index contributed by atoms with van der Waals surface area (Å²) in [7, 11) is 0. The Hall–Kier alpha value is -0.910. The summed E-state index contributed by atoms with van der Waals surface area (Å²) < 4.78 is 5.13. The van der Waals surface area contributed by atoms with E-state index in [1.165, 1.54) is 76.7 Å². The molecule has 0 spiro atoms. The number of hydrogen-bond donors (Lipinski definition) is 3. The predicted molar refractivity (Wildman–Crippen MR) is 126 cm³/mol. The fraction of sp³-hybridized carbons (Fsp3) is 0.885. The summed E-state index contributed by atoms with van der Waals surface area (Å²) in [6.07, 6.45) is 19.9. The van der Waals surface area contributed by atoms with Gasteiger partial charge < -0.3 is 20.1 Å². The van der Waals surface area contributed by atoms with Gasteiger partial charge in [-0.15, -0.1) is 0 Å². The highest BCUT2D eigenvalue weighted by Crippen LogP contribution is 2.19. The molecule has 0 fully saturated rings. The van der Waals surface area contributed by atoms with Crippen molar-refractivity contribution < 1.29 is 24.9 Å². The summed E-state index contributed by atoms with van der Waals surface area (Å²) in [4.78, 5) is 11.2. The summed E-state index contributed by atoms with van der Waals surface area (Å²) >= 11 is 0. The molecule has 182 valence electrons. The lowest BCUT2D eigenvalue weighted by atomic mass is 9.97. The number of unbranched alkanes of at least 4 members (excludes halogenated alkanes) is 12. The van der Waals surface area contributed by atoms with Crippen LogP contribution in [0.3, 0.4) is 0 Å². The first-order chi connectivity index (χ1) is 15.0. The Bertz CT molecular complexity index is 465. The molecule has 4 atom stereocenters. The molecule has 0 unspecified atom stereocenters. The zero-order valence-electron chi connectivity index (χ0n) is 19.9. The second-order valence-electron chi connectivity index (χ2n) is 9.40. The maximum atomic E-state index is 11.2. The van der Waals surface area contributed by atoms with Crippen molar-refractivity contribution in [3.8, 4) is 0 Å². The monoisotopic (exact) mass is 440 g/mol. The van der Waals surface area contributed by atoms with Gasteiger partial charge in [0, 0.05) is 18.9 Å². The van der Waals surface area contributed by atoms with Crippen LogP contribution < -0.4 is 0 Å². The number of ether oxygens (including phenoxy) is 1. The van der Waals surface area contributed by atoms with E-state index in [1.54, 1.807) is 6.08 Å². The molecule has 0 radical (unpaired) electrons. The highest BCUT2D eigenvalue weighted by molar-refractivity contribution is 5.82. The Kier molecular flexibility index (Phi) is 16.9. The largest absolute Gasteiger partial charge is 0.459 e. The molecule has 1 heterocycles. The number of rotatable bonds is 20. The molecule has 1 aliphatic heterocycles. The molecule has 0 aromatic rings. The third kappa shape index (κ3) is 16.4. The number of carbonyl (C=O) groups excluding carboxylic acids is 1. The average molecular weight is 441 g/mol. The smallest absolute Gasteiger partial charge is 0.330 e. The minimum absolute atomic E-state index is 0.202. The summed E-state index contributed by atoms with van der Waals surface area (Å²) in [5.41, 5.74) is 0. The van der Waals surface area contributed by atoms with Crippen molar-refractivity contribution in [2.24, 2.45) is 0 Å². The molecule has 0 amide bonds. The van der Waals surface area contributed by atoms with Crippen molar-refractivity contribution in [2.75, 3.05) is 0 Å². The quantitative estimate of drug-likeness (QED) is 0.170. The van der Waals surface area contributed by atoms with Gasteiger partial charge in [-0.3, -0.25) is 0 Å². The van der Waals surface area contributed by atoms with Crippen molar-refractivity contribution in [3.63, 3.8) is 0 Å². The Morgan fingerprint density at radius 1 is 0.806 bits per heavy atom. The fourth-order valence-corrected chi connectivity index (χ4v) is 4.35. The van der Waals surface area contributed by atoms with Crippen LogP contribution in [0.15, 0.2) is 12.2 Å². The number of aliphatic hydroxyl groups is 3. The molecule has 1 rings (SSSR count). The molecular formula is C26H48O5. The lowest BCUT2D eigenvalue weighted by Gasteiger charge is -2.23. The first-order valence-electron chi connectivity index (χ1n) is 12.9. The van der Waals surface area contributed by atoms with E-state index in [2.05, 4.69) is 6.92 Å². The third-order valence-corrected chi connectivity index (χ3v) is 6.20. The summed E-state index contributed by atoms with van der Waals surface area (Å²) in [6.45, 7) is 2.26. The summed E-state index contributed by atoms with van der Waals surface area (Å²) in [5, 5.41) is 30.4. The van der Waals surface area contributed by atoms with Gasteiger partial charge in [0.15, 0.2) is 0 Å². The van der Waals surface area contributed by atoms with Crippen LogP contribution in [-0.4, -0.2) is 45.7 Å². The molecule has 0 aromatic carbocycles. The van der Waals surface area contributed by atoms with E-state index >= 15 is 0 Å². The SMILES string of the molecule is CCCCCCCCCCCCCCC[C@H](O)C[C@H](O)C[C@H](O)C[C@@H]1CC=CC(=O)O1. The Labute approximate surface area is 190 Å². The second-order valence-corrected chi connectivity index (χ2v) is 9.40. The van der Waals surface area contributed by atoms with Gasteiger partial charge in [-0.2, -0.15) is 0 Å². The van der Waals surface area contributed by atoms with Crippen LogP contribution >= 0.6 is 0 Å². The highest BCUT2D eigenvalue weighted by atomic mass is 16.5. The number of aliphatic hydroxyl groups excluding tert-OH is 3. The molecule has 0 aromatic heterocycles. The van der Waals surface area contributed by atoms with E-state index in [9.17, 15) is 20.1 Å². The zero-order chi connectivity index (χ0) is 22.7. The topological polar surface area (TPSA) is 87.0 Å². The molecular weight excluding hydrogens is 392 g/mol. The summed E-state index contributed by atoms with van der Waals surface area (Å²) in [6, 6.07) is 0. The average Bonchev–Trinajstić information content (AvgIpc) is 2.71. The first-order valence-corrected chi connectivity index (χ1v) is 12.9. The predicted octanol–water partition coefficient (Wildman–Crippen LogP) is 5.59. The minimum atomic E-state index is -0.734. The van der Waals surface area contributed by atoms with Crippen molar-refractivity contribution in [3.05, 3.63) is 12.2 Å². The van der Waals surface area contributed by atoms with Gasteiger partial charge in [0.2, 0.25) is 0 Å². The van der Waals surface area contributed by atoms with Crippen LogP contribution in [0.4, 0.5) is 0 Å². The second kappa shape index (κ2) is 18.6. The van der Waals surface area contributed by atoms with Crippen LogP contribution in [0.5, 0.6) is 0 Å².